The van der Waals surface area contributed by atoms with E-state index in [1.54, 1.807) is 18.9 Å². The fourth-order valence-electron chi connectivity index (χ4n) is 4.19. The molecule has 154 valence electrons. The highest BCUT2D eigenvalue weighted by Gasteiger charge is 2.35. The number of anilines is 1. The first-order valence-corrected chi connectivity index (χ1v) is 10.4. The van der Waals surface area contributed by atoms with E-state index in [1.807, 2.05) is 30.0 Å². The number of carbonyl (C=O) groups is 2. The lowest BCUT2D eigenvalue weighted by atomic mass is 9.97. The van der Waals surface area contributed by atoms with Crippen molar-refractivity contribution in [3.05, 3.63) is 17.6 Å². The Morgan fingerprint density at radius 3 is 2.39 bits per heavy atom. The molecule has 2 amide bonds. The van der Waals surface area contributed by atoms with E-state index < -0.39 is 0 Å². The molecule has 0 N–H and O–H groups in total. The summed E-state index contributed by atoms with van der Waals surface area (Å²) >= 11 is 0. The van der Waals surface area contributed by atoms with Gasteiger partial charge in [0.2, 0.25) is 11.8 Å². The van der Waals surface area contributed by atoms with Gasteiger partial charge in [-0.1, -0.05) is 12.8 Å². The maximum absolute atomic E-state index is 13.2. The molecule has 0 unspecified atom stereocenters. The summed E-state index contributed by atoms with van der Waals surface area (Å²) in [6.07, 6.45) is 7.35. The van der Waals surface area contributed by atoms with Gasteiger partial charge in [0.1, 0.15) is 5.82 Å². The van der Waals surface area contributed by atoms with Crippen molar-refractivity contribution in [1.82, 2.24) is 19.8 Å². The average molecular weight is 388 g/mol. The average Bonchev–Trinajstić information content (AvgIpc) is 3.21. The van der Waals surface area contributed by atoms with Crippen LogP contribution in [0.15, 0.2) is 6.07 Å². The van der Waals surface area contributed by atoms with Gasteiger partial charge in [-0.25, -0.2) is 9.97 Å². The van der Waals surface area contributed by atoms with Crippen LogP contribution in [0.3, 0.4) is 0 Å². The molecule has 0 radical (unpaired) electrons. The van der Waals surface area contributed by atoms with Gasteiger partial charge in [0.05, 0.1) is 18.3 Å². The summed E-state index contributed by atoms with van der Waals surface area (Å²) in [5.41, 5.74) is 0.810. The number of amides is 2. The second kappa shape index (κ2) is 8.88. The normalized spacial score (nSPS) is 20.3. The molecule has 1 aliphatic heterocycles. The molecule has 1 aromatic rings. The number of nitrogens with zero attached hydrogens (tertiary/aromatic N) is 5. The van der Waals surface area contributed by atoms with Gasteiger partial charge in [0.25, 0.3) is 0 Å². The monoisotopic (exact) mass is 387 g/mol. The van der Waals surface area contributed by atoms with E-state index in [9.17, 15) is 9.59 Å². The Kier molecular flexibility index (Phi) is 6.52. The van der Waals surface area contributed by atoms with Crippen LogP contribution in [0.1, 0.15) is 69.4 Å². The summed E-state index contributed by atoms with van der Waals surface area (Å²) in [7, 11) is 5.68. The number of carbonyl (C=O) groups excluding carboxylic acids is 2. The molecular weight excluding hydrogens is 354 g/mol. The van der Waals surface area contributed by atoms with Crippen molar-refractivity contribution in [2.24, 2.45) is 5.92 Å². The number of hydrogen-bond donors (Lipinski definition) is 0. The largest absolute Gasteiger partial charge is 0.363 e. The molecule has 2 heterocycles. The predicted octanol–water partition coefficient (Wildman–Crippen LogP) is 2.76. The van der Waals surface area contributed by atoms with Crippen molar-refractivity contribution in [2.45, 2.75) is 64.5 Å². The van der Waals surface area contributed by atoms with E-state index >= 15 is 0 Å². The lowest BCUT2D eigenvalue weighted by Crippen LogP contribution is -2.42. The molecule has 1 atom stereocenters. The van der Waals surface area contributed by atoms with Gasteiger partial charge in [0, 0.05) is 46.6 Å². The second-order valence-corrected chi connectivity index (χ2v) is 8.37. The van der Waals surface area contributed by atoms with Crippen molar-refractivity contribution in [3.8, 4) is 0 Å². The van der Waals surface area contributed by atoms with Crippen LogP contribution in [0.2, 0.25) is 0 Å². The SMILES string of the molecule is CC(=O)N(C)Cc1cc(N(C)C)nc([C@@H]2CCCCN2C(=O)C2CCCC2)n1. The smallest absolute Gasteiger partial charge is 0.226 e. The minimum absolute atomic E-state index is 0.00210. The summed E-state index contributed by atoms with van der Waals surface area (Å²) in [6.45, 7) is 2.78. The summed E-state index contributed by atoms with van der Waals surface area (Å²) in [6, 6.07) is 1.86. The van der Waals surface area contributed by atoms with Gasteiger partial charge < -0.3 is 14.7 Å². The quantitative estimate of drug-likeness (QED) is 0.777. The van der Waals surface area contributed by atoms with E-state index in [4.69, 9.17) is 9.97 Å². The molecule has 7 heteroatoms. The first kappa shape index (κ1) is 20.6. The summed E-state index contributed by atoms with van der Waals surface area (Å²) in [5, 5.41) is 0. The third-order valence-electron chi connectivity index (χ3n) is 5.97. The summed E-state index contributed by atoms with van der Waals surface area (Å²) in [4.78, 5) is 40.0. The van der Waals surface area contributed by atoms with Gasteiger partial charge in [-0.05, 0) is 32.1 Å². The van der Waals surface area contributed by atoms with E-state index in [0.29, 0.717) is 12.4 Å². The topological polar surface area (TPSA) is 69.6 Å². The number of hydrogen-bond acceptors (Lipinski definition) is 5. The maximum Gasteiger partial charge on any atom is 0.226 e. The van der Waals surface area contributed by atoms with Crippen LogP contribution in [-0.4, -0.2) is 59.3 Å². The van der Waals surface area contributed by atoms with Crippen LogP contribution in [0.4, 0.5) is 5.82 Å². The van der Waals surface area contributed by atoms with Gasteiger partial charge in [0.15, 0.2) is 5.82 Å². The third kappa shape index (κ3) is 4.62. The fraction of sp³-hybridized carbons (Fsp3) is 0.714. The molecule has 1 aliphatic carbocycles. The second-order valence-electron chi connectivity index (χ2n) is 8.37. The minimum atomic E-state index is -0.0665. The van der Waals surface area contributed by atoms with E-state index in [0.717, 1.165) is 63.0 Å². The first-order chi connectivity index (χ1) is 13.4. The third-order valence-corrected chi connectivity index (χ3v) is 5.97. The molecule has 1 aromatic heterocycles. The number of piperidine rings is 1. The maximum atomic E-state index is 13.2. The zero-order chi connectivity index (χ0) is 20.3. The molecule has 0 spiro atoms. The molecule has 1 saturated heterocycles. The molecular formula is C21H33N5O2. The minimum Gasteiger partial charge on any atom is -0.363 e. The number of aromatic nitrogens is 2. The van der Waals surface area contributed by atoms with Crippen LogP contribution in [0, 0.1) is 5.92 Å². The van der Waals surface area contributed by atoms with Crippen molar-refractivity contribution in [3.63, 3.8) is 0 Å². The van der Waals surface area contributed by atoms with Crippen molar-refractivity contribution >= 4 is 17.6 Å². The van der Waals surface area contributed by atoms with Crippen molar-refractivity contribution in [2.75, 3.05) is 32.6 Å². The molecule has 2 aliphatic rings. The van der Waals surface area contributed by atoms with Gasteiger partial charge >= 0.3 is 0 Å². The van der Waals surface area contributed by atoms with Crippen LogP contribution in [0.25, 0.3) is 0 Å². The first-order valence-electron chi connectivity index (χ1n) is 10.4. The summed E-state index contributed by atoms with van der Waals surface area (Å²) in [5.74, 6) is 1.98. The van der Waals surface area contributed by atoms with E-state index in [1.165, 1.54) is 0 Å². The molecule has 0 bridgehead atoms. The Morgan fingerprint density at radius 2 is 1.75 bits per heavy atom. The van der Waals surface area contributed by atoms with Gasteiger partial charge in [-0.2, -0.15) is 0 Å². The highest BCUT2D eigenvalue weighted by Crippen LogP contribution is 2.35. The molecule has 7 nitrogen and oxygen atoms in total. The van der Waals surface area contributed by atoms with E-state index in [-0.39, 0.29) is 23.8 Å². The van der Waals surface area contributed by atoms with Crippen LogP contribution in [0.5, 0.6) is 0 Å². The standard InChI is InChI=1S/C21H33N5O2/c1-15(27)25(4)14-17-13-19(24(2)3)23-20(22-17)18-11-7-8-12-26(18)21(28)16-9-5-6-10-16/h13,16,18H,5-12,14H2,1-4H3/t18-/m0/s1. The lowest BCUT2D eigenvalue weighted by Gasteiger charge is -2.36. The number of rotatable bonds is 5. The van der Waals surface area contributed by atoms with E-state index in [2.05, 4.69) is 0 Å². The fourth-order valence-corrected chi connectivity index (χ4v) is 4.19. The van der Waals surface area contributed by atoms with Crippen molar-refractivity contribution < 1.29 is 9.59 Å². The highest BCUT2D eigenvalue weighted by molar-refractivity contribution is 5.79. The Labute approximate surface area is 168 Å². The van der Waals surface area contributed by atoms with Crippen molar-refractivity contribution in [1.29, 1.82) is 0 Å². The Morgan fingerprint density at radius 1 is 1.07 bits per heavy atom. The molecule has 0 aromatic carbocycles. The van der Waals surface area contributed by atoms with Crippen LogP contribution in [-0.2, 0) is 16.1 Å². The van der Waals surface area contributed by atoms with Crippen LogP contribution < -0.4 is 4.90 Å². The highest BCUT2D eigenvalue weighted by atomic mass is 16.2. The van der Waals surface area contributed by atoms with Gasteiger partial charge in [-0.3, -0.25) is 9.59 Å². The molecule has 28 heavy (non-hydrogen) atoms. The Bertz CT molecular complexity index is 715. The summed E-state index contributed by atoms with van der Waals surface area (Å²) < 4.78 is 0. The Hall–Kier alpha value is -2.18. The molecule has 1 saturated carbocycles. The van der Waals surface area contributed by atoms with Crippen LogP contribution >= 0.6 is 0 Å². The molecule has 3 rings (SSSR count). The van der Waals surface area contributed by atoms with Gasteiger partial charge in [-0.15, -0.1) is 0 Å². The predicted molar refractivity (Wildman–Crippen MR) is 109 cm³/mol. The molecule has 2 fully saturated rings. The lowest BCUT2D eigenvalue weighted by molar-refractivity contribution is -0.139. The zero-order valence-corrected chi connectivity index (χ0v) is 17.6. The zero-order valence-electron chi connectivity index (χ0n) is 17.6. The number of likely N-dealkylation sites (tertiary alicyclic amines) is 1. The Balaban J connectivity index is 1.90.